The number of nitrogens with zero attached hydrogens (tertiary/aromatic N) is 4. The Labute approximate surface area is 180 Å². The van der Waals surface area contributed by atoms with E-state index in [0.717, 1.165) is 11.8 Å². The van der Waals surface area contributed by atoms with Crippen LogP contribution in [-0.2, 0) is 16.1 Å². The smallest absolute Gasteiger partial charge is 0.236 e. The van der Waals surface area contributed by atoms with E-state index < -0.39 is 5.91 Å². The average molecular weight is 455 g/mol. The molecule has 0 spiro atoms. The van der Waals surface area contributed by atoms with E-state index in [1.54, 1.807) is 23.6 Å². The number of aromatic nitrogens is 4. The van der Waals surface area contributed by atoms with Crippen LogP contribution in [0.15, 0.2) is 34.0 Å². The van der Waals surface area contributed by atoms with E-state index in [4.69, 9.17) is 33.4 Å². The SMILES string of the molecule is Cc1nc(NC(=O)CSc2nnc(-c3ccco3)n2CCC(N)=O)c(Cl)cc1Cl. The zero-order valence-corrected chi connectivity index (χ0v) is 17.5. The van der Waals surface area contributed by atoms with Crippen molar-refractivity contribution in [3.05, 3.63) is 40.2 Å². The third kappa shape index (κ3) is 5.28. The maximum Gasteiger partial charge on any atom is 0.236 e. The summed E-state index contributed by atoms with van der Waals surface area (Å²) in [6, 6.07) is 4.96. The van der Waals surface area contributed by atoms with Gasteiger partial charge in [0.1, 0.15) is 0 Å². The molecule has 3 rings (SSSR count). The van der Waals surface area contributed by atoms with Gasteiger partial charge in [-0.05, 0) is 25.1 Å². The van der Waals surface area contributed by atoms with Gasteiger partial charge >= 0.3 is 0 Å². The van der Waals surface area contributed by atoms with Gasteiger partial charge in [-0.3, -0.25) is 14.2 Å². The van der Waals surface area contributed by atoms with Crippen LogP contribution in [0.4, 0.5) is 5.82 Å². The monoisotopic (exact) mass is 454 g/mol. The first kappa shape index (κ1) is 21.2. The summed E-state index contributed by atoms with van der Waals surface area (Å²) in [6.07, 6.45) is 1.60. The Morgan fingerprint density at radius 2 is 2.10 bits per heavy atom. The molecule has 152 valence electrons. The quantitative estimate of drug-likeness (QED) is 0.499. The molecule has 0 aliphatic carbocycles. The number of nitrogens with two attached hydrogens (primary N) is 1. The molecule has 0 fully saturated rings. The minimum Gasteiger partial charge on any atom is -0.461 e. The Bertz CT molecular complexity index is 1040. The molecule has 0 aliphatic heterocycles. The van der Waals surface area contributed by atoms with Crippen LogP contribution in [0.5, 0.6) is 0 Å². The van der Waals surface area contributed by atoms with Crippen molar-refractivity contribution in [3.63, 3.8) is 0 Å². The minimum absolute atomic E-state index is 0.0204. The number of hydrogen-bond donors (Lipinski definition) is 2. The number of carbonyl (C=O) groups excluding carboxylic acids is 2. The maximum absolute atomic E-state index is 12.3. The van der Waals surface area contributed by atoms with Crippen LogP contribution in [0.1, 0.15) is 12.1 Å². The molecule has 3 N–H and O–H groups in total. The Balaban J connectivity index is 1.72. The number of halogens is 2. The van der Waals surface area contributed by atoms with E-state index in [1.807, 2.05) is 0 Å². The van der Waals surface area contributed by atoms with Gasteiger partial charge in [-0.15, -0.1) is 10.2 Å². The van der Waals surface area contributed by atoms with Crippen molar-refractivity contribution in [3.8, 4) is 11.6 Å². The minimum atomic E-state index is -0.461. The van der Waals surface area contributed by atoms with Crippen LogP contribution in [0, 0.1) is 6.92 Å². The van der Waals surface area contributed by atoms with Gasteiger partial charge in [0.25, 0.3) is 0 Å². The molecule has 3 aromatic heterocycles. The first-order valence-electron chi connectivity index (χ1n) is 8.36. The molecule has 2 amide bonds. The van der Waals surface area contributed by atoms with Gasteiger partial charge in [0.05, 0.1) is 27.8 Å². The number of amides is 2. The number of furan rings is 1. The molecule has 0 atom stereocenters. The van der Waals surface area contributed by atoms with Crippen LogP contribution in [-0.4, -0.2) is 37.3 Å². The van der Waals surface area contributed by atoms with E-state index in [2.05, 4.69) is 20.5 Å². The van der Waals surface area contributed by atoms with Crippen molar-refractivity contribution >= 4 is 52.6 Å². The molecule has 29 heavy (non-hydrogen) atoms. The molecule has 0 aromatic carbocycles. The van der Waals surface area contributed by atoms with Crippen LogP contribution in [0.25, 0.3) is 11.6 Å². The predicted molar refractivity (Wildman–Crippen MR) is 110 cm³/mol. The third-order valence-electron chi connectivity index (χ3n) is 3.74. The third-order valence-corrected chi connectivity index (χ3v) is 5.37. The summed E-state index contributed by atoms with van der Waals surface area (Å²) in [4.78, 5) is 27.7. The Kier molecular flexibility index (Phi) is 6.78. The molecular formula is C17H16Cl2N6O3S. The number of hydrogen-bond acceptors (Lipinski definition) is 7. The van der Waals surface area contributed by atoms with Crippen molar-refractivity contribution in [2.24, 2.45) is 5.73 Å². The molecule has 0 bridgehead atoms. The van der Waals surface area contributed by atoms with Crippen LogP contribution >= 0.6 is 35.0 Å². The largest absolute Gasteiger partial charge is 0.461 e. The number of aryl methyl sites for hydroxylation is 1. The van der Waals surface area contributed by atoms with E-state index in [1.165, 1.54) is 12.3 Å². The highest BCUT2D eigenvalue weighted by molar-refractivity contribution is 7.99. The Hall–Kier alpha value is -2.56. The summed E-state index contributed by atoms with van der Waals surface area (Å²) in [6.45, 7) is 1.96. The molecule has 12 heteroatoms. The lowest BCUT2D eigenvalue weighted by molar-refractivity contribution is -0.118. The van der Waals surface area contributed by atoms with Crippen LogP contribution in [0.3, 0.4) is 0 Å². The number of anilines is 1. The Morgan fingerprint density at radius 3 is 2.79 bits per heavy atom. The fraction of sp³-hybridized carbons (Fsp3) is 0.235. The zero-order chi connectivity index (χ0) is 21.0. The van der Waals surface area contributed by atoms with E-state index in [9.17, 15) is 9.59 Å². The summed E-state index contributed by atoms with van der Waals surface area (Å²) in [5, 5.41) is 11.9. The van der Waals surface area contributed by atoms with Gasteiger partial charge in [0.2, 0.25) is 11.8 Å². The number of rotatable bonds is 8. The highest BCUT2D eigenvalue weighted by Crippen LogP contribution is 2.27. The summed E-state index contributed by atoms with van der Waals surface area (Å²) < 4.78 is 7.04. The predicted octanol–water partition coefficient (Wildman–Crippen LogP) is 3.15. The highest BCUT2D eigenvalue weighted by Gasteiger charge is 2.18. The van der Waals surface area contributed by atoms with Crippen molar-refractivity contribution in [2.75, 3.05) is 11.1 Å². The Morgan fingerprint density at radius 1 is 1.31 bits per heavy atom. The summed E-state index contributed by atoms with van der Waals surface area (Å²) in [7, 11) is 0. The molecule has 9 nitrogen and oxygen atoms in total. The van der Waals surface area contributed by atoms with Gasteiger partial charge in [-0.1, -0.05) is 35.0 Å². The summed E-state index contributed by atoms with van der Waals surface area (Å²) in [5.41, 5.74) is 5.81. The number of pyridine rings is 1. The number of primary amides is 1. The van der Waals surface area contributed by atoms with Crippen molar-refractivity contribution < 1.29 is 14.0 Å². The molecule has 0 saturated carbocycles. The second-order valence-electron chi connectivity index (χ2n) is 5.87. The highest BCUT2D eigenvalue weighted by atomic mass is 35.5. The molecule has 0 radical (unpaired) electrons. The molecule has 0 saturated heterocycles. The fourth-order valence-electron chi connectivity index (χ4n) is 2.35. The molecule has 0 unspecified atom stereocenters. The number of nitrogens with one attached hydrogen (secondary N) is 1. The lowest BCUT2D eigenvalue weighted by Crippen LogP contribution is -2.17. The van der Waals surface area contributed by atoms with Crippen LogP contribution < -0.4 is 11.1 Å². The van der Waals surface area contributed by atoms with Gasteiger partial charge in [0, 0.05) is 13.0 Å². The van der Waals surface area contributed by atoms with Gasteiger partial charge in [-0.25, -0.2) is 4.98 Å². The van der Waals surface area contributed by atoms with E-state index in [-0.39, 0.29) is 35.5 Å². The zero-order valence-electron chi connectivity index (χ0n) is 15.2. The molecule has 0 aliphatic rings. The lowest BCUT2D eigenvalue weighted by atomic mass is 10.3. The number of carbonyl (C=O) groups is 2. The lowest BCUT2D eigenvalue weighted by Gasteiger charge is -2.09. The van der Waals surface area contributed by atoms with Gasteiger partial charge in [-0.2, -0.15) is 0 Å². The first-order valence-corrected chi connectivity index (χ1v) is 10.1. The second kappa shape index (κ2) is 9.29. The second-order valence-corrected chi connectivity index (χ2v) is 7.63. The maximum atomic E-state index is 12.3. The van der Waals surface area contributed by atoms with E-state index in [0.29, 0.717) is 27.5 Å². The number of thioether (sulfide) groups is 1. The molecule has 3 heterocycles. The van der Waals surface area contributed by atoms with Crippen molar-refractivity contribution in [2.45, 2.75) is 25.0 Å². The van der Waals surface area contributed by atoms with E-state index >= 15 is 0 Å². The summed E-state index contributed by atoms with van der Waals surface area (Å²) in [5.74, 6) is 0.382. The normalized spacial score (nSPS) is 10.9. The van der Waals surface area contributed by atoms with Gasteiger partial charge < -0.3 is 15.5 Å². The summed E-state index contributed by atoms with van der Waals surface area (Å²) >= 11 is 13.2. The first-order chi connectivity index (χ1) is 13.8. The topological polar surface area (TPSA) is 129 Å². The van der Waals surface area contributed by atoms with Crippen LogP contribution in [0.2, 0.25) is 10.0 Å². The molecule has 3 aromatic rings. The van der Waals surface area contributed by atoms with Gasteiger partial charge in [0.15, 0.2) is 22.6 Å². The molecular weight excluding hydrogens is 439 g/mol. The fourth-order valence-corrected chi connectivity index (χ4v) is 3.52. The average Bonchev–Trinajstić information content (AvgIpc) is 3.32. The van der Waals surface area contributed by atoms with Crippen molar-refractivity contribution in [1.29, 1.82) is 0 Å². The standard InChI is InChI=1S/C17H16Cl2N6O3S/c1-9-10(18)7-11(19)15(21-9)22-14(27)8-29-17-24-23-16(12-3-2-6-28-12)25(17)5-4-13(20)26/h2-3,6-7H,4-5,8H2,1H3,(H2,20,26)(H,21,22,27). The van der Waals surface area contributed by atoms with Crippen molar-refractivity contribution in [1.82, 2.24) is 19.7 Å².